The number of benzene rings is 1. The van der Waals surface area contributed by atoms with Crippen molar-refractivity contribution in [3.05, 3.63) is 54.4 Å². The van der Waals surface area contributed by atoms with Gasteiger partial charge in [-0.1, -0.05) is 19.1 Å². The number of rotatable bonds is 5. The van der Waals surface area contributed by atoms with Gasteiger partial charge in [-0.25, -0.2) is 4.79 Å². The molecule has 3 atom stereocenters. The van der Waals surface area contributed by atoms with E-state index >= 15 is 0 Å². The predicted molar refractivity (Wildman–Crippen MR) is 93.9 cm³/mol. The molecule has 1 aliphatic heterocycles. The molecule has 1 N–H and O–H groups in total. The fraction of sp³-hybridized carbons (Fsp3) is 0.350. The van der Waals surface area contributed by atoms with Crippen molar-refractivity contribution in [3.63, 3.8) is 0 Å². The van der Waals surface area contributed by atoms with Crippen molar-refractivity contribution in [3.8, 4) is 11.5 Å². The summed E-state index contributed by atoms with van der Waals surface area (Å²) in [4.78, 5) is 29.8. The first-order valence-electron chi connectivity index (χ1n) is 8.67. The average Bonchev–Trinajstić information content (AvgIpc) is 3.18. The minimum Gasteiger partial charge on any atom is -0.480 e. The van der Waals surface area contributed by atoms with Gasteiger partial charge in [-0.15, -0.1) is 0 Å². The van der Waals surface area contributed by atoms with Crippen LogP contribution in [-0.2, 0) is 16.0 Å². The molecule has 6 nitrogen and oxygen atoms in total. The lowest BCUT2D eigenvalue weighted by Crippen LogP contribution is -2.43. The summed E-state index contributed by atoms with van der Waals surface area (Å²) in [6.07, 6.45) is 4.96. The van der Waals surface area contributed by atoms with E-state index in [1.807, 2.05) is 18.2 Å². The van der Waals surface area contributed by atoms with Gasteiger partial charge in [-0.3, -0.25) is 9.78 Å². The first-order chi connectivity index (χ1) is 12.5. The smallest absolute Gasteiger partial charge is 0.326 e. The Morgan fingerprint density at radius 1 is 1.23 bits per heavy atom. The summed E-state index contributed by atoms with van der Waals surface area (Å²) in [7, 11) is 0. The number of hydrogen-bond acceptors (Lipinski definition) is 4. The molecule has 2 aromatic rings. The van der Waals surface area contributed by atoms with E-state index in [0.717, 1.165) is 12.0 Å². The zero-order valence-corrected chi connectivity index (χ0v) is 14.5. The van der Waals surface area contributed by atoms with Crippen molar-refractivity contribution in [2.75, 3.05) is 0 Å². The van der Waals surface area contributed by atoms with Crippen LogP contribution in [0.25, 0.3) is 0 Å². The molecule has 2 aliphatic rings. The van der Waals surface area contributed by atoms with E-state index in [2.05, 4.69) is 11.9 Å². The Morgan fingerprint density at radius 3 is 2.65 bits per heavy atom. The topological polar surface area (TPSA) is 79.7 Å². The van der Waals surface area contributed by atoms with E-state index in [9.17, 15) is 14.7 Å². The Balaban J connectivity index is 1.42. The third kappa shape index (κ3) is 3.03. The Kier molecular flexibility index (Phi) is 3.90. The minimum absolute atomic E-state index is 0.0138. The molecule has 1 aliphatic carbocycles. The van der Waals surface area contributed by atoms with Gasteiger partial charge >= 0.3 is 5.97 Å². The van der Waals surface area contributed by atoms with Crippen LogP contribution in [0.15, 0.2) is 48.8 Å². The number of aromatic nitrogens is 1. The zero-order valence-electron chi connectivity index (χ0n) is 14.5. The number of nitrogens with zero attached hydrogens (tertiary/aromatic N) is 2. The van der Waals surface area contributed by atoms with Crippen molar-refractivity contribution in [2.45, 2.75) is 38.3 Å². The van der Waals surface area contributed by atoms with E-state index in [4.69, 9.17) is 4.74 Å². The number of aliphatic carboxylic acids is 1. The Labute approximate surface area is 151 Å². The normalized spacial score (nSPS) is 26.3. The highest BCUT2D eigenvalue weighted by atomic mass is 16.5. The molecule has 1 aromatic carbocycles. The maximum atomic E-state index is 12.7. The minimum atomic E-state index is -0.910. The number of carbonyl (C=O) groups excluding carboxylic acids is 1. The van der Waals surface area contributed by atoms with E-state index in [1.165, 1.54) is 0 Å². The van der Waals surface area contributed by atoms with E-state index < -0.39 is 12.0 Å². The number of carboxylic acids is 1. The Hall–Kier alpha value is -2.89. The molecular weight excluding hydrogens is 332 g/mol. The number of pyridine rings is 1. The van der Waals surface area contributed by atoms with Gasteiger partial charge in [0, 0.05) is 12.2 Å². The number of carbonyl (C=O) groups is 2. The highest BCUT2D eigenvalue weighted by molar-refractivity contribution is 5.87. The van der Waals surface area contributed by atoms with Gasteiger partial charge in [0.2, 0.25) is 5.91 Å². The second-order valence-corrected chi connectivity index (χ2v) is 7.34. The fourth-order valence-electron chi connectivity index (χ4n) is 3.83. The summed E-state index contributed by atoms with van der Waals surface area (Å²) >= 11 is 0. The predicted octanol–water partition coefficient (Wildman–Crippen LogP) is 2.88. The lowest BCUT2D eigenvalue weighted by Gasteiger charge is -2.24. The van der Waals surface area contributed by atoms with Crippen molar-refractivity contribution >= 4 is 11.9 Å². The van der Waals surface area contributed by atoms with Crippen molar-refractivity contribution in [1.29, 1.82) is 0 Å². The third-order valence-electron chi connectivity index (χ3n) is 5.36. The average molecular weight is 352 g/mol. The van der Waals surface area contributed by atoms with Crippen LogP contribution in [0, 0.1) is 5.41 Å². The van der Waals surface area contributed by atoms with Gasteiger partial charge in [-0.2, -0.15) is 0 Å². The van der Waals surface area contributed by atoms with E-state index in [-0.39, 0.29) is 23.8 Å². The van der Waals surface area contributed by atoms with Gasteiger partial charge in [-0.05, 0) is 48.1 Å². The summed E-state index contributed by atoms with van der Waals surface area (Å²) < 4.78 is 5.69. The van der Waals surface area contributed by atoms with Crippen LogP contribution in [0.3, 0.4) is 0 Å². The number of fused-ring (bicyclic) bond motifs is 1. The van der Waals surface area contributed by atoms with Crippen LogP contribution >= 0.6 is 0 Å². The van der Waals surface area contributed by atoms with Crippen LogP contribution in [-0.4, -0.2) is 39.0 Å². The van der Waals surface area contributed by atoms with Gasteiger partial charge in [0.05, 0.1) is 12.6 Å². The van der Waals surface area contributed by atoms with Crippen LogP contribution in [0.1, 0.15) is 25.3 Å². The zero-order chi connectivity index (χ0) is 18.3. The largest absolute Gasteiger partial charge is 0.480 e. The van der Waals surface area contributed by atoms with Crippen LogP contribution in [0.2, 0.25) is 0 Å². The van der Waals surface area contributed by atoms with Crippen LogP contribution in [0.4, 0.5) is 0 Å². The molecule has 1 saturated heterocycles. The van der Waals surface area contributed by atoms with Crippen LogP contribution in [0.5, 0.6) is 11.5 Å². The van der Waals surface area contributed by atoms with Gasteiger partial charge in [0.15, 0.2) is 0 Å². The highest BCUT2D eigenvalue weighted by Gasteiger charge is 2.64. The molecule has 0 radical (unpaired) electrons. The van der Waals surface area contributed by atoms with Crippen LogP contribution < -0.4 is 4.74 Å². The first-order valence-corrected chi connectivity index (χ1v) is 8.67. The first kappa shape index (κ1) is 16.6. The highest BCUT2D eigenvalue weighted by Crippen LogP contribution is 2.59. The summed E-state index contributed by atoms with van der Waals surface area (Å²) in [5.41, 5.74) is 0.826. The summed E-state index contributed by atoms with van der Waals surface area (Å²) in [5, 5.41) is 9.41. The molecule has 134 valence electrons. The second kappa shape index (κ2) is 6.12. The lowest BCUT2D eigenvalue weighted by molar-refractivity contribution is -0.149. The second-order valence-electron chi connectivity index (χ2n) is 7.34. The van der Waals surface area contributed by atoms with Gasteiger partial charge in [0.1, 0.15) is 17.5 Å². The van der Waals surface area contributed by atoms with E-state index in [1.54, 1.807) is 35.5 Å². The molecular formula is C20H20N2O4. The quantitative estimate of drug-likeness (QED) is 0.895. The van der Waals surface area contributed by atoms with Crippen molar-refractivity contribution in [1.82, 2.24) is 9.88 Å². The molecule has 1 saturated carbocycles. The maximum Gasteiger partial charge on any atom is 0.326 e. The number of likely N-dealkylation sites (tertiary alicyclic amines) is 1. The lowest BCUT2D eigenvalue weighted by atomic mass is 10.0. The number of amides is 1. The summed E-state index contributed by atoms with van der Waals surface area (Å²) in [5.74, 6) is 0.274. The number of piperidine rings is 1. The molecule has 1 amide bonds. The van der Waals surface area contributed by atoms with Crippen molar-refractivity contribution in [2.24, 2.45) is 5.41 Å². The third-order valence-corrected chi connectivity index (χ3v) is 5.36. The number of carboxylic acid groups (broad SMARTS) is 1. The van der Waals surface area contributed by atoms with Gasteiger partial charge < -0.3 is 14.7 Å². The molecule has 6 heteroatoms. The summed E-state index contributed by atoms with van der Waals surface area (Å²) in [6.45, 7) is 2.06. The van der Waals surface area contributed by atoms with Gasteiger partial charge in [0.25, 0.3) is 0 Å². The Morgan fingerprint density at radius 2 is 2.00 bits per heavy atom. The number of ether oxygens (including phenoxy) is 1. The van der Waals surface area contributed by atoms with E-state index in [0.29, 0.717) is 17.9 Å². The number of hydrogen-bond donors (Lipinski definition) is 1. The molecule has 0 bridgehead atoms. The molecule has 1 aromatic heterocycles. The van der Waals surface area contributed by atoms with Crippen molar-refractivity contribution < 1.29 is 19.4 Å². The maximum absolute atomic E-state index is 12.7. The summed E-state index contributed by atoms with van der Waals surface area (Å²) in [6, 6.07) is 10.3. The monoisotopic (exact) mass is 352 g/mol. The fourth-order valence-corrected chi connectivity index (χ4v) is 3.83. The Bertz CT molecular complexity index is 837. The SMILES string of the molecule is C[C@]12CC(C(=O)O)N(C(=O)Cc3ccc(Oc4cccnc4)cc3)C1C2. The molecule has 26 heavy (non-hydrogen) atoms. The molecule has 0 spiro atoms. The standard InChI is InChI=1S/C20H20N2O4/c1-20-10-16(19(24)25)22(17(20)11-20)18(23)9-13-4-6-14(7-5-13)26-15-3-2-8-21-12-15/h2-8,12,16-17H,9-11H2,1H3,(H,24,25)/t16?,17?,20-/m1/s1. The molecule has 2 fully saturated rings. The molecule has 4 rings (SSSR count). The molecule has 2 unspecified atom stereocenters. The molecule has 2 heterocycles.